The van der Waals surface area contributed by atoms with Gasteiger partial charge in [0.15, 0.2) is 0 Å². The fraction of sp³-hybridized carbons (Fsp3) is 0.630. The summed E-state index contributed by atoms with van der Waals surface area (Å²) in [5.41, 5.74) is 3.86. The van der Waals surface area contributed by atoms with Gasteiger partial charge < -0.3 is 28.2 Å². The van der Waals surface area contributed by atoms with Gasteiger partial charge in [-0.25, -0.2) is 4.79 Å². The molecule has 0 fully saturated rings. The maximum atomic E-state index is 12.8. The van der Waals surface area contributed by atoms with Crippen molar-refractivity contribution in [2.45, 2.75) is 66.4 Å². The molecule has 1 amide bonds. The zero-order chi connectivity index (χ0) is 28.5. The molecule has 1 aliphatic heterocycles. The Hall–Kier alpha value is -2.13. The Morgan fingerprint density at radius 2 is 1.82 bits per heavy atom. The predicted molar refractivity (Wildman–Crippen MR) is 151 cm³/mol. The van der Waals surface area contributed by atoms with Crippen LogP contribution in [0.15, 0.2) is 11.6 Å². The van der Waals surface area contributed by atoms with Crippen LogP contribution in [0.1, 0.15) is 47.8 Å². The largest absolute Gasteiger partial charge is 0.496 e. The molecular formula is C27H44NO8PSi. The van der Waals surface area contributed by atoms with Crippen molar-refractivity contribution >= 4 is 28.0 Å². The molecule has 0 N–H and O–H groups in total. The average molecular weight is 570 g/mol. The van der Waals surface area contributed by atoms with E-state index in [0.29, 0.717) is 36.6 Å². The minimum Gasteiger partial charge on any atom is -0.496 e. The highest BCUT2D eigenvalue weighted by molar-refractivity contribution is 7.53. The monoisotopic (exact) mass is 569 g/mol. The standard InChI is InChI=1S/C27H44NO8PSi/c1-9-35-37(31,36-10-2)15-13-28(19-29)17-20(3)11-12-22-25(32-5)21(4)23-18-34-27(30)24(23)26(22)33-14-16-38(6,7)8/h11,19H,9-10,12-18H2,1-8H3/b20-11+. The second kappa shape index (κ2) is 14.3. The highest BCUT2D eigenvalue weighted by Crippen LogP contribution is 2.47. The quantitative estimate of drug-likeness (QED) is 0.0785. The summed E-state index contributed by atoms with van der Waals surface area (Å²) < 4.78 is 40.9. The molecule has 0 saturated carbocycles. The number of esters is 1. The van der Waals surface area contributed by atoms with Crippen molar-refractivity contribution < 1.29 is 37.4 Å². The van der Waals surface area contributed by atoms with Gasteiger partial charge in [-0.2, -0.15) is 0 Å². The van der Waals surface area contributed by atoms with Crippen LogP contribution < -0.4 is 9.47 Å². The van der Waals surface area contributed by atoms with Crippen LogP contribution in [0.25, 0.3) is 0 Å². The van der Waals surface area contributed by atoms with Gasteiger partial charge in [0, 0.05) is 32.3 Å². The predicted octanol–water partition coefficient (Wildman–Crippen LogP) is 5.60. The van der Waals surface area contributed by atoms with Crippen LogP contribution in [0.4, 0.5) is 0 Å². The number of allylic oxidation sites excluding steroid dienone is 1. The zero-order valence-electron chi connectivity index (χ0n) is 24.2. The van der Waals surface area contributed by atoms with Gasteiger partial charge in [0.25, 0.3) is 0 Å². The van der Waals surface area contributed by atoms with E-state index in [4.69, 9.17) is 23.3 Å². The van der Waals surface area contributed by atoms with Gasteiger partial charge >= 0.3 is 13.6 Å². The van der Waals surface area contributed by atoms with Gasteiger partial charge in [-0.15, -0.1) is 0 Å². The molecule has 214 valence electrons. The normalized spacial score (nSPS) is 13.8. The van der Waals surface area contributed by atoms with Gasteiger partial charge in [-0.3, -0.25) is 9.36 Å². The van der Waals surface area contributed by atoms with Gasteiger partial charge in [-0.05, 0) is 45.7 Å². The van der Waals surface area contributed by atoms with E-state index in [0.717, 1.165) is 34.7 Å². The first-order chi connectivity index (χ1) is 17.9. The number of carbonyl (C=O) groups is 2. The smallest absolute Gasteiger partial charge is 0.342 e. The van der Waals surface area contributed by atoms with E-state index in [1.165, 1.54) is 0 Å². The number of ether oxygens (including phenoxy) is 3. The molecule has 38 heavy (non-hydrogen) atoms. The lowest BCUT2D eigenvalue weighted by Gasteiger charge is -2.23. The number of hydrogen-bond acceptors (Lipinski definition) is 8. The summed E-state index contributed by atoms with van der Waals surface area (Å²) >= 11 is 0. The van der Waals surface area contributed by atoms with Crippen LogP contribution in [0.5, 0.6) is 11.5 Å². The molecule has 1 aromatic rings. The summed E-state index contributed by atoms with van der Waals surface area (Å²) in [5.74, 6) is 0.820. The number of benzene rings is 1. The Labute approximate surface area is 228 Å². The van der Waals surface area contributed by atoms with Crippen LogP contribution in [0.2, 0.25) is 25.7 Å². The van der Waals surface area contributed by atoms with Crippen LogP contribution in [0, 0.1) is 6.92 Å². The number of cyclic esters (lactones) is 1. The Balaban J connectivity index is 2.29. The lowest BCUT2D eigenvalue weighted by Crippen LogP contribution is -2.27. The van der Waals surface area contributed by atoms with Crippen molar-refractivity contribution in [3.05, 3.63) is 33.9 Å². The van der Waals surface area contributed by atoms with Gasteiger partial charge in [0.05, 0.1) is 33.1 Å². The Morgan fingerprint density at radius 1 is 1.16 bits per heavy atom. The average Bonchev–Trinajstić information content (AvgIpc) is 3.23. The Bertz CT molecular complexity index is 1060. The number of amides is 1. The number of methoxy groups -OCH3 is 1. The molecular weight excluding hydrogens is 525 g/mol. The molecule has 0 atom stereocenters. The summed E-state index contributed by atoms with van der Waals surface area (Å²) in [4.78, 5) is 26.0. The maximum Gasteiger partial charge on any atom is 0.342 e. The summed E-state index contributed by atoms with van der Waals surface area (Å²) in [7, 11) is -2.99. The molecule has 0 aromatic heterocycles. The highest BCUT2D eigenvalue weighted by atomic mass is 31.2. The molecule has 0 aliphatic carbocycles. The van der Waals surface area contributed by atoms with E-state index in [1.54, 1.807) is 25.9 Å². The minimum absolute atomic E-state index is 0.121. The SMILES string of the molecule is CCOP(=O)(CCN(C=O)C/C(C)=C/Cc1c(OC)c(C)c2c(c1OCC[Si](C)(C)C)C(=O)OC2)OCC. The third kappa shape index (κ3) is 8.69. The van der Waals surface area contributed by atoms with Crippen molar-refractivity contribution in [2.24, 2.45) is 0 Å². The first-order valence-corrected chi connectivity index (χ1v) is 18.6. The number of fused-ring (bicyclic) bond motifs is 1. The topological polar surface area (TPSA) is 101 Å². The van der Waals surface area contributed by atoms with E-state index >= 15 is 0 Å². The first-order valence-electron chi connectivity index (χ1n) is 13.1. The molecule has 1 heterocycles. The molecule has 1 aromatic carbocycles. The zero-order valence-corrected chi connectivity index (χ0v) is 26.1. The van der Waals surface area contributed by atoms with Gasteiger partial charge in [-0.1, -0.05) is 31.3 Å². The van der Waals surface area contributed by atoms with Crippen LogP contribution in [-0.4, -0.2) is 71.5 Å². The Morgan fingerprint density at radius 3 is 2.37 bits per heavy atom. The summed E-state index contributed by atoms with van der Waals surface area (Å²) in [6, 6.07) is 0.947. The van der Waals surface area contributed by atoms with Crippen molar-refractivity contribution in [2.75, 3.05) is 46.2 Å². The number of hydrogen-bond donors (Lipinski definition) is 0. The molecule has 11 heteroatoms. The highest BCUT2D eigenvalue weighted by Gasteiger charge is 2.33. The lowest BCUT2D eigenvalue weighted by atomic mass is 9.94. The van der Waals surface area contributed by atoms with Crippen molar-refractivity contribution in [3.63, 3.8) is 0 Å². The summed E-state index contributed by atoms with van der Waals surface area (Å²) in [6.07, 6.45) is 3.30. The number of rotatable bonds is 17. The summed E-state index contributed by atoms with van der Waals surface area (Å²) in [5, 5.41) is 0. The fourth-order valence-corrected chi connectivity index (χ4v) is 6.61. The second-order valence-electron chi connectivity index (χ2n) is 10.6. The molecule has 0 saturated heterocycles. The third-order valence-electron chi connectivity index (χ3n) is 6.29. The molecule has 1 aliphatic rings. The third-order valence-corrected chi connectivity index (χ3v) is 10.0. The molecule has 0 spiro atoms. The van der Waals surface area contributed by atoms with E-state index in [1.807, 2.05) is 19.9 Å². The molecule has 9 nitrogen and oxygen atoms in total. The van der Waals surface area contributed by atoms with E-state index in [-0.39, 0.29) is 38.5 Å². The minimum atomic E-state index is -3.25. The maximum absolute atomic E-state index is 12.8. The van der Waals surface area contributed by atoms with Crippen LogP contribution >= 0.6 is 7.60 Å². The molecule has 0 unspecified atom stereocenters. The second-order valence-corrected chi connectivity index (χ2v) is 18.4. The van der Waals surface area contributed by atoms with Crippen LogP contribution in [0.3, 0.4) is 0 Å². The van der Waals surface area contributed by atoms with Gasteiger partial charge in [0.2, 0.25) is 6.41 Å². The first kappa shape index (κ1) is 32.1. The fourth-order valence-electron chi connectivity index (χ4n) is 4.27. The van der Waals surface area contributed by atoms with E-state index in [9.17, 15) is 14.2 Å². The lowest BCUT2D eigenvalue weighted by molar-refractivity contribution is -0.117. The Kier molecular flexibility index (Phi) is 12.1. The number of nitrogens with zero attached hydrogens (tertiary/aromatic N) is 1. The molecule has 2 rings (SSSR count). The van der Waals surface area contributed by atoms with Crippen molar-refractivity contribution in [1.29, 1.82) is 0 Å². The van der Waals surface area contributed by atoms with Crippen LogP contribution in [-0.2, 0) is 36.2 Å². The van der Waals surface area contributed by atoms with E-state index < -0.39 is 15.7 Å². The molecule has 0 bridgehead atoms. The van der Waals surface area contributed by atoms with Crippen molar-refractivity contribution in [3.8, 4) is 11.5 Å². The summed E-state index contributed by atoms with van der Waals surface area (Å²) in [6.45, 7) is 16.0. The molecule has 0 radical (unpaired) electrons. The van der Waals surface area contributed by atoms with Gasteiger partial charge in [0.1, 0.15) is 23.7 Å². The van der Waals surface area contributed by atoms with Crippen molar-refractivity contribution in [1.82, 2.24) is 4.90 Å². The number of carbonyl (C=O) groups excluding carboxylic acids is 2. The van der Waals surface area contributed by atoms with E-state index in [2.05, 4.69) is 19.6 Å².